The summed E-state index contributed by atoms with van der Waals surface area (Å²) in [6.07, 6.45) is 3.85. The molecule has 2 aromatic carbocycles. The molecule has 2 aromatic rings. The van der Waals surface area contributed by atoms with Crippen molar-refractivity contribution in [3.05, 3.63) is 75.3 Å². The first-order valence-electron chi connectivity index (χ1n) is 5.65. The third-order valence-electron chi connectivity index (χ3n) is 2.73. The van der Waals surface area contributed by atoms with Crippen molar-refractivity contribution in [3.63, 3.8) is 0 Å². The Morgan fingerprint density at radius 3 is 2.44 bits per heavy atom. The van der Waals surface area contributed by atoms with Gasteiger partial charge in [-0.2, -0.15) is 0 Å². The average Bonchev–Trinajstić information content (AvgIpc) is 2.38. The maximum atomic E-state index is 10.7. The Hall–Kier alpha value is -2.42. The van der Waals surface area contributed by atoms with Crippen molar-refractivity contribution in [2.24, 2.45) is 0 Å². The maximum Gasteiger partial charge on any atom is 0.270 e. The van der Waals surface area contributed by atoms with Gasteiger partial charge < -0.3 is 0 Å². The molecule has 3 nitrogen and oxygen atoms in total. The number of non-ortho nitro benzene ring substituents is 1. The summed E-state index contributed by atoms with van der Waals surface area (Å²) in [5.41, 5.74) is 3.08. The van der Waals surface area contributed by atoms with Crippen LogP contribution in [0.5, 0.6) is 0 Å². The molecule has 0 N–H and O–H groups in total. The zero-order valence-electron chi connectivity index (χ0n) is 10.0. The van der Waals surface area contributed by atoms with Crippen molar-refractivity contribution in [1.29, 1.82) is 0 Å². The molecule has 0 saturated heterocycles. The van der Waals surface area contributed by atoms with E-state index >= 15 is 0 Å². The summed E-state index contributed by atoms with van der Waals surface area (Å²) in [6.45, 7) is 1.94. The van der Waals surface area contributed by atoms with Crippen molar-refractivity contribution in [2.45, 2.75) is 6.92 Å². The third kappa shape index (κ3) is 2.83. The van der Waals surface area contributed by atoms with E-state index < -0.39 is 0 Å². The fraction of sp³-hybridized carbons (Fsp3) is 0.0667. The van der Waals surface area contributed by atoms with Crippen LogP contribution in [-0.4, -0.2) is 4.92 Å². The predicted octanol–water partition coefficient (Wildman–Crippen LogP) is 4.07. The molecule has 0 amide bonds. The Morgan fingerprint density at radius 2 is 1.78 bits per heavy atom. The van der Waals surface area contributed by atoms with Gasteiger partial charge in [-0.25, -0.2) is 0 Å². The fourth-order valence-electron chi connectivity index (χ4n) is 1.67. The minimum Gasteiger partial charge on any atom is -0.258 e. The molecule has 0 spiro atoms. The molecule has 0 heterocycles. The number of hydrogen-bond donors (Lipinski definition) is 0. The second-order valence-corrected chi connectivity index (χ2v) is 4.04. The predicted molar refractivity (Wildman–Crippen MR) is 73.2 cm³/mol. The highest BCUT2D eigenvalue weighted by atomic mass is 16.6. The fourth-order valence-corrected chi connectivity index (χ4v) is 1.67. The number of rotatable bonds is 3. The molecule has 0 fully saturated rings. The topological polar surface area (TPSA) is 43.1 Å². The van der Waals surface area contributed by atoms with Crippen LogP contribution in [0.3, 0.4) is 0 Å². The summed E-state index contributed by atoms with van der Waals surface area (Å²) in [5.74, 6) is 0. The third-order valence-corrected chi connectivity index (χ3v) is 2.73. The number of nitro groups is 1. The molecule has 0 unspecified atom stereocenters. The molecule has 3 heteroatoms. The van der Waals surface area contributed by atoms with E-state index in [0.29, 0.717) is 0 Å². The van der Waals surface area contributed by atoms with Crippen LogP contribution >= 0.6 is 0 Å². The van der Waals surface area contributed by atoms with Gasteiger partial charge in [-0.3, -0.25) is 10.1 Å². The minimum absolute atomic E-state index is 0.119. The van der Waals surface area contributed by atoms with Gasteiger partial charge in [0.05, 0.1) is 4.92 Å². The average molecular weight is 239 g/mol. The van der Waals surface area contributed by atoms with E-state index in [2.05, 4.69) is 0 Å². The summed E-state index contributed by atoms with van der Waals surface area (Å²) in [6, 6.07) is 14.7. The van der Waals surface area contributed by atoms with E-state index in [9.17, 15) is 10.1 Å². The summed E-state index contributed by atoms with van der Waals surface area (Å²) in [4.78, 5) is 10.3. The van der Waals surface area contributed by atoms with Crippen LogP contribution in [0, 0.1) is 17.0 Å². The zero-order valence-corrected chi connectivity index (χ0v) is 10.0. The van der Waals surface area contributed by atoms with Gasteiger partial charge in [0.25, 0.3) is 5.69 Å². The number of benzene rings is 2. The van der Waals surface area contributed by atoms with E-state index in [-0.39, 0.29) is 10.6 Å². The van der Waals surface area contributed by atoms with E-state index in [0.717, 1.165) is 16.7 Å². The molecule has 0 aliphatic rings. The lowest BCUT2D eigenvalue weighted by Gasteiger charge is -2.00. The lowest BCUT2D eigenvalue weighted by molar-refractivity contribution is -0.384. The van der Waals surface area contributed by atoms with Gasteiger partial charge in [-0.1, -0.05) is 48.6 Å². The summed E-state index contributed by atoms with van der Waals surface area (Å²) < 4.78 is 0. The van der Waals surface area contributed by atoms with Gasteiger partial charge in [0.1, 0.15) is 0 Å². The van der Waals surface area contributed by atoms with Gasteiger partial charge in [-0.05, 0) is 23.6 Å². The summed E-state index contributed by atoms with van der Waals surface area (Å²) in [5, 5.41) is 10.7. The van der Waals surface area contributed by atoms with E-state index in [4.69, 9.17) is 0 Å². The summed E-state index contributed by atoms with van der Waals surface area (Å²) >= 11 is 0. The van der Waals surface area contributed by atoms with Crippen molar-refractivity contribution in [2.75, 3.05) is 0 Å². The first kappa shape index (κ1) is 12.0. The van der Waals surface area contributed by atoms with Gasteiger partial charge >= 0.3 is 0 Å². The van der Waals surface area contributed by atoms with Gasteiger partial charge in [0.15, 0.2) is 0 Å². The molecule has 90 valence electrons. The number of aryl methyl sites for hydroxylation is 1. The van der Waals surface area contributed by atoms with E-state index in [1.165, 1.54) is 6.07 Å². The van der Waals surface area contributed by atoms with Gasteiger partial charge in [0.2, 0.25) is 0 Å². The summed E-state index contributed by atoms with van der Waals surface area (Å²) in [7, 11) is 0. The second-order valence-electron chi connectivity index (χ2n) is 4.04. The normalized spacial score (nSPS) is 10.7. The molecule has 0 saturated carbocycles. The Labute approximate surface area is 106 Å². The SMILES string of the molecule is Cc1ccc([N+](=O)[O-])cc1/C=C/c1ccccc1. The van der Waals surface area contributed by atoms with E-state index in [1.807, 2.05) is 49.4 Å². The Balaban J connectivity index is 2.31. The molecule has 2 rings (SSSR count). The van der Waals surface area contributed by atoms with Crippen LogP contribution in [0.1, 0.15) is 16.7 Å². The largest absolute Gasteiger partial charge is 0.270 e. The molecule has 0 radical (unpaired) electrons. The van der Waals surface area contributed by atoms with Crippen molar-refractivity contribution >= 4 is 17.8 Å². The van der Waals surface area contributed by atoms with Gasteiger partial charge in [-0.15, -0.1) is 0 Å². The van der Waals surface area contributed by atoms with Crippen LogP contribution < -0.4 is 0 Å². The van der Waals surface area contributed by atoms with Crippen LogP contribution in [0.4, 0.5) is 5.69 Å². The second kappa shape index (κ2) is 5.27. The monoisotopic (exact) mass is 239 g/mol. The standard InChI is InChI=1S/C15H13NO2/c1-12-7-10-15(16(17)18)11-14(12)9-8-13-5-3-2-4-6-13/h2-11H,1H3/b9-8+. The Kier molecular flexibility index (Phi) is 3.53. The lowest BCUT2D eigenvalue weighted by atomic mass is 10.1. The molecule has 0 aliphatic heterocycles. The minimum atomic E-state index is -0.376. The van der Waals surface area contributed by atoms with Crippen LogP contribution in [0.15, 0.2) is 48.5 Å². The quantitative estimate of drug-likeness (QED) is 0.460. The number of nitro benzene ring substituents is 1. The first-order chi connectivity index (χ1) is 8.66. The van der Waals surface area contributed by atoms with Crippen LogP contribution in [0.2, 0.25) is 0 Å². The van der Waals surface area contributed by atoms with Crippen molar-refractivity contribution in [3.8, 4) is 0 Å². The first-order valence-corrected chi connectivity index (χ1v) is 5.65. The lowest BCUT2D eigenvalue weighted by Crippen LogP contribution is -1.89. The molecule has 0 bridgehead atoms. The molecule has 0 aromatic heterocycles. The van der Waals surface area contributed by atoms with Gasteiger partial charge in [0, 0.05) is 12.1 Å². The number of hydrogen-bond acceptors (Lipinski definition) is 2. The molecule has 18 heavy (non-hydrogen) atoms. The van der Waals surface area contributed by atoms with E-state index in [1.54, 1.807) is 12.1 Å². The van der Waals surface area contributed by atoms with Crippen molar-refractivity contribution in [1.82, 2.24) is 0 Å². The van der Waals surface area contributed by atoms with Crippen LogP contribution in [0.25, 0.3) is 12.2 Å². The smallest absolute Gasteiger partial charge is 0.258 e. The van der Waals surface area contributed by atoms with Crippen LogP contribution in [-0.2, 0) is 0 Å². The molecule has 0 aliphatic carbocycles. The number of nitrogens with zero attached hydrogens (tertiary/aromatic N) is 1. The highest BCUT2D eigenvalue weighted by molar-refractivity contribution is 5.72. The highest BCUT2D eigenvalue weighted by Crippen LogP contribution is 2.19. The molecular weight excluding hydrogens is 226 g/mol. The molecule has 0 atom stereocenters. The zero-order chi connectivity index (χ0) is 13.0. The van der Waals surface area contributed by atoms with Crippen molar-refractivity contribution < 1.29 is 4.92 Å². The Morgan fingerprint density at radius 1 is 1.06 bits per heavy atom. The maximum absolute atomic E-state index is 10.7. The highest BCUT2D eigenvalue weighted by Gasteiger charge is 2.06. The molecular formula is C15H13NO2. The Bertz CT molecular complexity index is 589.